The van der Waals surface area contributed by atoms with E-state index >= 15 is 0 Å². The molecule has 0 aliphatic carbocycles. The zero-order valence-electron chi connectivity index (χ0n) is 18.0. The molecule has 1 N–H and O–H groups in total. The fourth-order valence-electron chi connectivity index (χ4n) is 3.73. The average molecular weight is 485 g/mol. The molecule has 0 saturated carbocycles. The lowest BCUT2D eigenvalue weighted by molar-refractivity contribution is 0.0857. The number of ether oxygens (including phenoxy) is 1. The molecule has 0 aromatic heterocycles. The van der Waals surface area contributed by atoms with Gasteiger partial charge in [0.25, 0.3) is 15.9 Å². The summed E-state index contributed by atoms with van der Waals surface area (Å²) in [5.41, 5.74) is 1.56. The lowest BCUT2D eigenvalue weighted by Gasteiger charge is -2.25. The normalized spacial score (nSPS) is 15.8. The van der Waals surface area contributed by atoms with E-state index in [4.69, 9.17) is 16.3 Å². The molecular formula is C25H25ClN2O4S. The molecule has 1 fully saturated rings. The number of hydrogen-bond acceptors (Lipinski definition) is 4. The summed E-state index contributed by atoms with van der Waals surface area (Å²) in [5, 5.41) is 2.88. The molecular weight excluding hydrogens is 460 g/mol. The largest absolute Gasteiger partial charge is 0.376 e. The number of hydrogen-bond donors (Lipinski definition) is 1. The summed E-state index contributed by atoms with van der Waals surface area (Å²) in [6, 6.07) is 22.5. The Morgan fingerprint density at radius 2 is 1.73 bits per heavy atom. The van der Waals surface area contributed by atoms with Crippen LogP contribution in [0.5, 0.6) is 0 Å². The van der Waals surface area contributed by atoms with Crippen LogP contribution in [0.15, 0.2) is 83.8 Å². The first-order valence-electron chi connectivity index (χ1n) is 10.8. The molecule has 1 saturated heterocycles. The summed E-state index contributed by atoms with van der Waals surface area (Å²) in [7, 11) is -4.07. The Labute approximate surface area is 199 Å². The zero-order valence-corrected chi connectivity index (χ0v) is 19.6. The molecule has 3 aromatic rings. The Morgan fingerprint density at radius 3 is 2.39 bits per heavy atom. The molecule has 6 nitrogen and oxygen atoms in total. The van der Waals surface area contributed by atoms with Gasteiger partial charge in [0.2, 0.25) is 0 Å². The smallest absolute Gasteiger partial charge is 0.266 e. The third-order valence-corrected chi connectivity index (χ3v) is 7.74. The minimum absolute atomic E-state index is 0.0103. The molecule has 0 bridgehead atoms. The maximum atomic E-state index is 13.8. The Kier molecular flexibility index (Phi) is 7.33. The first-order chi connectivity index (χ1) is 15.9. The van der Waals surface area contributed by atoms with Crippen LogP contribution in [-0.2, 0) is 21.3 Å². The molecule has 1 aliphatic heterocycles. The van der Waals surface area contributed by atoms with Gasteiger partial charge in [-0.2, -0.15) is 0 Å². The fraction of sp³-hybridized carbons (Fsp3) is 0.240. The lowest BCUT2D eigenvalue weighted by Crippen LogP contribution is -2.33. The molecule has 1 atom stereocenters. The highest BCUT2D eigenvalue weighted by atomic mass is 35.5. The van der Waals surface area contributed by atoms with Gasteiger partial charge in [-0.25, -0.2) is 8.42 Å². The minimum atomic E-state index is -4.07. The number of rotatable bonds is 8. The quantitative estimate of drug-likeness (QED) is 0.505. The molecule has 4 rings (SSSR count). The molecule has 0 radical (unpaired) electrons. The molecule has 1 amide bonds. The highest BCUT2D eigenvalue weighted by Crippen LogP contribution is 2.31. The van der Waals surface area contributed by atoms with Crippen molar-refractivity contribution < 1.29 is 17.9 Å². The summed E-state index contributed by atoms with van der Waals surface area (Å²) in [6.07, 6.45) is 1.86. The fourth-order valence-corrected chi connectivity index (χ4v) is 5.69. The summed E-state index contributed by atoms with van der Waals surface area (Å²) in [6.45, 7) is 1.20. The third kappa shape index (κ3) is 5.55. The number of amides is 1. The van der Waals surface area contributed by atoms with Crippen LogP contribution in [0.3, 0.4) is 0 Å². The highest BCUT2D eigenvalue weighted by Gasteiger charge is 2.28. The Hall–Kier alpha value is -2.87. The SMILES string of the molecule is O=C(NCC1CCCO1)c1ccc(Cl)c(S(=O)(=O)N(Cc2ccccc2)c2ccccc2)c1. The van der Waals surface area contributed by atoms with Crippen molar-refractivity contribution in [3.05, 3.63) is 95.0 Å². The first kappa shape index (κ1) is 23.3. The van der Waals surface area contributed by atoms with Crippen LogP contribution in [0.4, 0.5) is 5.69 Å². The monoisotopic (exact) mass is 484 g/mol. The van der Waals surface area contributed by atoms with E-state index in [9.17, 15) is 13.2 Å². The predicted molar refractivity (Wildman–Crippen MR) is 129 cm³/mol. The van der Waals surface area contributed by atoms with Crippen molar-refractivity contribution >= 4 is 33.2 Å². The van der Waals surface area contributed by atoms with Gasteiger partial charge in [-0.05, 0) is 48.7 Å². The number of nitrogens with one attached hydrogen (secondary N) is 1. The second-order valence-corrected chi connectivity index (χ2v) is 10.1. The van der Waals surface area contributed by atoms with Crippen LogP contribution < -0.4 is 9.62 Å². The number of carbonyl (C=O) groups is 1. The molecule has 1 aliphatic rings. The number of anilines is 1. The standard InChI is InChI=1S/C25H25ClN2O4S/c26-23-14-13-20(25(29)27-17-22-12-7-15-32-22)16-24(23)33(30,31)28(21-10-5-2-6-11-21)18-19-8-3-1-4-9-19/h1-6,8-11,13-14,16,22H,7,12,15,17-18H2,(H,27,29). The maximum Gasteiger partial charge on any atom is 0.266 e. The van der Waals surface area contributed by atoms with Gasteiger partial charge in [-0.15, -0.1) is 0 Å². The molecule has 0 spiro atoms. The van der Waals surface area contributed by atoms with Crippen LogP contribution >= 0.6 is 11.6 Å². The summed E-state index contributed by atoms with van der Waals surface area (Å²) >= 11 is 6.34. The molecule has 8 heteroatoms. The number of para-hydroxylation sites is 1. The number of carbonyl (C=O) groups excluding carboxylic acids is 1. The average Bonchev–Trinajstić information content (AvgIpc) is 3.36. The Bertz CT molecular complexity index is 1200. The number of benzene rings is 3. The third-order valence-electron chi connectivity index (χ3n) is 5.49. The van der Waals surface area contributed by atoms with Gasteiger partial charge >= 0.3 is 0 Å². The molecule has 1 heterocycles. The van der Waals surface area contributed by atoms with Crippen LogP contribution in [0.25, 0.3) is 0 Å². The summed E-state index contributed by atoms with van der Waals surface area (Å²) in [5.74, 6) is -0.368. The molecule has 3 aromatic carbocycles. The van der Waals surface area contributed by atoms with E-state index in [1.807, 2.05) is 36.4 Å². The molecule has 33 heavy (non-hydrogen) atoms. The van der Waals surface area contributed by atoms with Crippen molar-refractivity contribution in [2.45, 2.75) is 30.4 Å². The summed E-state index contributed by atoms with van der Waals surface area (Å²) in [4.78, 5) is 12.6. The van der Waals surface area contributed by atoms with Crippen LogP contribution in [-0.4, -0.2) is 33.6 Å². The van der Waals surface area contributed by atoms with Gasteiger partial charge in [-0.1, -0.05) is 60.1 Å². The van der Waals surface area contributed by atoms with Crippen LogP contribution in [0, 0.1) is 0 Å². The van der Waals surface area contributed by atoms with Crippen molar-refractivity contribution in [3.63, 3.8) is 0 Å². The molecule has 172 valence electrons. The summed E-state index contributed by atoms with van der Waals surface area (Å²) < 4.78 is 34.4. The van der Waals surface area contributed by atoms with Crippen molar-refractivity contribution in [3.8, 4) is 0 Å². The van der Waals surface area contributed by atoms with Gasteiger partial charge in [0.05, 0.1) is 23.4 Å². The lowest BCUT2D eigenvalue weighted by atomic mass is 10.2. The number of nitrogens with zero attached hydrogens (tertiary/aromatic N) is 1. The Morgan fingerprint density at radius 1 is 1.03 bits per heavy atom. The first-order valence-corrected chi connectivity index (χ1v) is 12.6. The van der Waals surface area contributed by atoms with E-state index in [1.54, 1.807) is 24.3 Å². The van der Waals surface area contributed by atoms with Gasteiger partial charge < -0.3 is 10.1 Å². The zero-order chi connectivity index (χ0) is 23.3. The topological polar surface area (TPSA) is 75.7 Å². The second kappa shape index (κ2) is 10.4. The molecule has 1 unspecified atom stereocenters. The van der Waals surface area contributed by atoms with Gasteiger partial charge in [0, 0.05) is 18.7 Å². The predicted octanol–water partition coefficient (Wildman–Crippen LogP) is 4.64. The number of halogens is 1. The van der Waals surface area contributed by atoms with Crippen molar-refractivity contribution in [1.29, 1.82) is 0 Å². The highest BCUT2D eigenvalue weighted by molar-refractivity contribution is 7.93. The van der Waals surface area contributed by atoms with E-state index in [2.05, 4.69) is 5.32 Å². The van der Waals surface area contributed by atoms with E-state index in [0.717, 1.165) is 18.4 Å². The maximum absolute atomic E-state index is 13.8. The van der Waals surface area contributed by atoms with Crippen molar-refractivity contribution in [2.75, 3.05) is 17.5 Å². The second-order valence-electron chi connectivity index (χ2n) is 7.82. The minimum Gasteiger partial charge on any atom is -0.376 e. The van der Waals surface area contributed by atoms with Gasteiger partial charge in [0.15, 0.2) is 0 Å². The van der Waals surface area contributed by atoms with Gasteiger partial charge in [-0.3, -0.25) is 9.10 Å². The Balaban J connectivity index is 1.65. The van der Waals surface area contributed by atoms with E-state index in [0.29, 0.717) is 18.8 Å². The van der Waals surface area contributed by atoms with Crippen LogP contribution in [0.1, 0.15) is 28.8 Å². The van der Waals surface area contributed by atoms with E-state index in [1.165, 1.54) is 22.5 Å². The van der Waals surface area contributed by atoms with Crippen molar-refractivity contribution in [1.82, 2.24) is 5.32 Å². The number of sulfonamides is 1. The van der Waals surface area contributed by atoms with E-state index < -0.39 is 10.0 Å². The van der Waals surface area contributed by atoms with Crippen LogP contribution in [0.2, 0.25) is 5.02 Å². The van der Waals surface area contributed by atoms with Crippen molar-refractivity contribution in [2.24, 2.45) is 0 Å². The van der Waals surface area contributed by atoms with Gasteiger partial charge in [0.1, 0.15) is 4.90 Å². The van der Waals surface area contributed by atoms with E-state index in [-0.39, 0.29) is 34.0 Å².